The quantitative estimate of drug-likeness (QED) is 0.778. The van der Waals surface area contributed by atoms with Gasteiger partial charge in [0.2, 0.25) is 0 Å². The topological polar surface area (TPSA) is 41.9 Å². The van der Waals surface area contributed by atoms with Crippen LogP contribution in [-0.2, 0) is 11.3 Å². The summed E-state index contributed by atoms with van der Waals surface area (Å²) < 4.78 is 5.19. The maximum atomic E-state index is 13.0. The predicted molar refractivity (Wildman–Crippen MR) is 102 cm³/mol. The fourth-order valence-corrected chi connectivity index (χ4v) is 3.25. The molecule has 130 valence electrons. The molecule has 0 aromatic heterocycles. The molecule has 25 heavy (non-hydrogen) atoms. The molecule has 1 aliphatic heterocycles. The lowest BCUT2D eigenvalue weighted by molar-refractivity contribution is -0.119. The maximum Gasteiger partial charge on any atom is 0.252 e. The van der Waals surface area contributed by atoms with E-state index >= 15 is 0 Å². The first-order valence-corrected chi connectivity index (χ1v) is 8.76. The van der Waals surface area contributed by atoms with Gasteiger partial charge in [0.1, 0.15) is 17.0 Å². The minimum absolute atomic E-state index is 0.0717. The zero-order valence-electron chi connectivity index (χ0n) is 14.0. The molecule has 0 aliphatic carbocycles. The molecular formula is C19H18Cl2N2O2. The first-order valence-electron chi connectivity index (χ1n) is 8.01. The van der Waals surface area contributed by atoms with E-state index < -0.39 is 6.04 Å². The van der Waals surface area contributed by atoms with Crippen molar-refractivity contribution < 1.29 is 9.53 Å². The highest BCUT2D eigenvalue weighted by Gasteiger charge is 2.30. The van der Waals surface area contributed by atoms with Crippen molar-refractivity contribution in [3.05, 3.63) is 58.6 Å². The number of anilines is 1. The van der Waals surface area contributed by atoms with Crippen LogP contribution in [0.3, 0.4) is 0 Å². The molecule has 1 atom stereocenters. The van der Waals surface area contributed by atoms with Crippen LogP contribution in [0.1, 0.15) is 24.5 Å². The number of hydrogen-bond acceptors (Lipinski definition) is 3. The van der Waals surface area contributed by atoms with Gasteiger partial charge in [0, 0.05) is 10.6 Å². The number of ether oxygens (including phenoxy) is 1. The van der Waals surface area contributed by atoms with Crippen LogP contribution in [0.15, 0.2) is 47.5 Å². The van der Waals surface area contributed by atoms with Gasteiger partial charge in [0.15, 0.2) is 0 Å². The van der Waals surface area contributed by atoms with Crippen LogP contribution >= 0.6 is 23.2 Å². The second-order valence-electron chi connectivity index (χ2n) is 5.78. The summed E-state index contributed by atoms with van der Waals surface area (Å²) in [4.78, 5) is 19.1. The SMILES string of the molecule is CCC1N=C(Cl)c2cc(Cl)ccc2N(Cc2ccc(OC)cc2)C1=O. The van der Waals surface area contributed by atoms with Crippen molar-refractivity contribution in [2.24, 2.45) is 4.99 Å². The minimum Gasteiger partial charge on any atom is -0.497 e. The number of benzodiazepines with no additional fused rings is 1. The Kier molecular flexibility index (Phi) is 5.30. The Balaban J connectivity index is 2.03. The van der Waals surface area contributed by atoms with Gasteiger partial charge in [-0.25, -0.2) is 0 Å². The monoisotopic (exact) mass is 376 g/mol. The molecule has 6 heteroatoms. The number of rotatable bonds is 4. The number of benzene rings is 2. The summed E-state index contributed by atoms with van der Waals surface area (Å²) in [5.74, 6) is 0.702. The summed E-state index contributed by atoms with van der Waals surface area (Å²) >= 11 is 12.5. The summed E-state index contributed by atoms with van der Waals surface area (Å²) in [7, 11) is 1.62. The van der Waals surface area contributed by atoms with E-state index in [1.54, 1.807) is 24.1 Å². The van der Waals surface area contributed by atoms with Crippen LogP contribution in [-0.4, -0.2) is 24.2 Å². The predicted octanol–water partition coefficient (Wildman–Crippen LogP) is 4.66. The third-order valence-electron chi connectivity index (χ3n) is 4.18. The lowest BCUT2D eigenvalue weighted by atomic mass is 10.1. The number of fused-ring (bicyclic) bond motifs is 1. The van der Waals surface area contributed by atoms with Crippen LogP contribution in [0.5, 0.6) is 5.75 Å². The minimum atomic E-state index is -0.503. The summed E-state index contributed by atoms with van der Waals surface area (Å²) in [6, 6.07) is 12.4. The van der Waals surface area contributed by atoms with Crippen molar-refractivity contribution in [1.82, 2.24) is 0 Å². The molecule has 3 rings (SSSR count). The number of aliphatic imine (C=N–C) groups is 1. The van der Waals surface area contributed by atoms with Gasteiger partial charge < -0.3 is 9.64 Å². The standard InChI is InChI=1S/C19H18Cl2N2O2/c1-3-16-19(24)23(11-12-4-7-14(25-2)8-5-12)17-9-6-13(20)10-15(17)18(21)22-16/h4-10,16H,3,11H2,1-2H3. The molecule has 1 amide bonds. The fraction of sp³-hybridized carbons (Fsp3) is 0.263. The zero-order valence-corrected chi connectivity index (χ0v) is 15.5. The van der Waals surface area contributed by atoms with E-state index in [0.29, 0.717) is 28.7 Å². The normalized spacial score (nSPS) is 17.0. The Morgan fingerprint density at radius 2 is 1.88 bits per heavy atom. The lowest BCUT2D eigenvalue weighted by Crippen LogP contribution is -2.37. The van der Waals surface area contributed by atoms with Crippen LogP contribution in [0.4, 0.5) is 5.69 Å². The van der Waals surface area contributed by atoms with Crippen molar-refractivity contribution >= 4 is 40.0 Å². The van der Waals surface area contributed by atoms with E-state index in [9.17, 15) is 4.79 Å². The Bertz CT molecular complexity index is 819. The number of carbonyl (C=O) groups is 1. The molecule has 2 aromatic rings. The average Bonchev–Trinajstić information content (AvgIpc) is 2.72. The molecule has 0 bridgehead atoms. The highest BCUT2D eigenvalue weighted by molar-refractivity contribution is 6.70. The van der Waals surface area contributed by atoms with Gasteiger partial charge in [-0.15, -0.1) is 0 Å². The zero-order chi connectivity index (χ0) is 18.0. The van der Waals surface area contributed by atoms with Crippen LogP contribution in [0.25, 0.3) is 0 Å². The van der Waals surface area contributed by atoms with E-state index in [1.807, 2.05) is 37.3 Å². The molecule has 0 fully saturated rings. The van der Waals surface area contributed by atoms with Gasteiger partial charge >= 0.3 is 0 Å². The smallest absolute Gasteiger partial charge is 0.252 e. The van der Waals surface area contributed by atoms with Crippen LogP contribution in [0.2, 0.25) is 5.02 Å². The van der Waals surface area contributed by atoms with Crippen molar-refractivity contribution in [3.8, 4) is 5.75 Å². The number of carbonyl (C=O) groups excluding carboxylic acids is 1. The molecular weight excluding hydrogens is 359 g/mol. The second-order valence-corrected chi connectivity index (χ2v) is 6.57. The van der Waals surface area contributed by atoms with Crippen LogP contribution in [0, 0.1) is 0 Å². The highest BCUT2D eigenvalue weighted by atomic mass is 35.5. The lowest BCUT2D eigenvalue weighted by Gasteiger charge is -2.25. The molecule has 0 spiro atoms. The second kappa shape index (κ2) is 7.46. The summed E-state index contributed by atoms with van der Waals surface area (Å²) in [5, 5.41) is 0.869. The number of hydrogen-bond donors (Lipinski definition) is 0. The number of amides is 1. The third-order valence-corrected chi connectivity index (χ3v) is 4.71. The molecule has 0 radical (unpaired) electrons. The van der Waals surface area contributed by atoms with E-state index in [-0.39, 0.29) is 5.91 Å². The van der Waals surface area contributed by atoms with Crippen molar-refractivity contribution in [2.45, 2.75) is 25.9 Å². The van der Waals surface area contributed by atoms with E-state index in [2.05, 4.69) is 4.99 Å². The molecule has 1 unspecified atom stereocenters. The number of methoxy groups -OCH3 is 1. The first kappa shape index (κ1) is 17.8. The maximum absolute atomic E-state index is 13.0. The largest absolute Gasteiger partial charge is 0.497 e. The van der Waals surface area contributed by atoms with Crippen molar-refractivity contribution in [3.63, 3.8) is 0 Å². The molecule has 4 nitrogen and oxygen atoms in total. The first-order chi connectivity index (χ1) is 12.0. The highest BCUT2D eigenvalue weighted by Crippen LogP contribution is 2.31. The molecule has 0 N–H and O–H groups in total. The summed E-state index contributed by atoms with van der Waals surface area (Å²) in [5.41, 5.74) is 2.38. The average molecular weight is 377 g/mol. The Labute approximate surface area is 157 Å². The summed E-state index contributed by atoms with van der Waals surface area (Å²) in [6.07, 6.45) is 0.579. The molecule has 1 aliphatic rings. The Hall–Kier alpha value is -2.04. The van der Waals surface area contributed by atoms with E-state index in [0.717, 1.165) is 17.0 Å². The van der Waals surface area contributed by atoms with Crippen molar-refractivity contribution in [2.75, 3.05) is 12.0 Å². The molecule has 0 saturated carbocycles. The summed E-state index contributed by atoms with van der Waals surface area (Å²) in [6.45, 7) is 2.35. The Morgan fingerprint density at radius 1 is 1.16 bits per heavy atom. The number of nitrogens with zero attached hydrogens (tertiary/aromatic N) is 2. The van der Waals surface area contributed by atoms with Gasteiger partial charge in [-0.1, -0.05) is 42.3 Å². The molecule has 1 heterocycles. The van der Waals surface area contributed by atoms with Gasteiger partial charge in [-0.3, -0.25) is 9.79 Å². The van der Waals surface area contributed by atoms with E-state index in [4.69, 9.17) is 27.9 Å². The fourth-order valence-electron chi connectivity index (χ4n) is 2.81. The van der Waals surface area contributed by atoms with Crippen molar-refractivity contribution in [1.29, 1.82) is 0 Å². The number of halogens is 2. The van der Waals surface area contributed by atoms with Gasteiger partial charge in [0.05, 0.1) is 19.3 Å². The van der Waals surface area contributed by atoms with Crippen LogP contribution < -0.4 is 9.64 Å². The van der Waals surface area contributed by atoms with E-state index in [1.165, 1.54) is 0 Å². The van der Waals surface area contributed by atoms with Gasteiger partial charge in [0.25, 0.3) is 5.91 Å². The Morgan fingerprint density at radius 3 is 2.52 bits per heavy atom. The molecule has 2 aromatic carbocycles. The molecule has 0 saturated heterocycles. The van der Waals surface area contributed by atoms with Gasteiger partial charge in [-0.2, -0.15) is 0 Å². The van der Waals surface area contributed by atoms with Gasteiger partial charge in [-0.05, 0) is 42.3 Å². The third kappa shape index (κ3) is 3.65.